The summed E-state index contributed by atoms with van der Waals surface area (Å²) in [6.07, 6.45) is 2.71. The molecule has 2 rings (SSSR count). The van der Waals surface area contributed by atoms with Gasteiger partial charge in [0.2, 0.25) is 0 Å². The van der Waals surface area contributed by atoms with Crippen molar-refractivity contribution in [1.82, 2.24) is 19.9 Å². The number of H-pyrrole nitrogens is 1. The zero-order valence-electron chi connectivity index (χ0n) is 9.78. The van der Waals surface area contributed by atoms with Crippen molar-refractivity contribution < 1.29 is 9.53 Å². The van der Waals surface area contributed by atoms with Crippen LogP contribution in [0.5, 0.6) is 0 Å². The Morgan fingerprint density at radius 3 is 2.89 bits per heavy atom. The van der Waals surface area contributed by atoms with Crippen LogP contribution in [-0.2, 0) is 4.74 Å². The van der Waals surface area contributed by atoms with Crippen LogP contribution in [0.15, 0.2) is 33.4 Å². The molecule has 0 atom stereocenters. The van der Waals surface area contributed by atoms with Crippen molar-refractivity contribution in [2.75, 3.05) is 12.8 Å². The maximum atomic E-state index is 11.3. The standard InChI is InChI=1S/C10H9N5O3S/c1-18-9(17)5-3-12-4-8(13-5)19-10-14-6(11)2-7(16)15-10/h2-4H,1H3,(H3,11,14,15,16). The predicted molar refractivity (Wildman–Crippen MR) is 66.8 cm³/mol. The lowest BCUT2D eigenvalue weighted by molar-refractivity contribution is 0.0592. The highest BCUT2D eigenvalue weighted by Crippen LogP contribution is 2.21. The van der Waals surface area contributed by atoms with E-state index in [-0.39, 0.29) is 22.2 Å². The molecule has 0 fully saturated rings. The van der Waals surface area contributed by atoms with Crippen LogP contribution in [0.4, 0.5) is 5.82 Å². The fourth-order valence-electron chi connectivity index (χ4n) is 1.20. The zero-order chi connectivity index (χ0) is 13.8. The molecule has 0 amide bonds. The summed E-state index contributed by atoms with van der Waals surface area (Å²) in [6.45, 7) is 0. The van der Waals surface area contributed by atoms with Gasteiger partial charge in [0.1, 0.15) is 10.8 Å². The minimum atomic E-state index is -0.594. The maximum Gasteiger partial charge on any atom is 0.358 e. The molecule has 0 unspecified atom stereocenters. The van der Waals surface area contributed by atoms with E-state index in [1.807, 2.05) is 0 Å². The Morgan fingerprint density at radius 1 is 1.42 bits per heavy atom. The Balaban J connectivity index is 2.28. The van der Waals surface area contributed by atoms with Crippen molar-refractivity contribution >= 4 is 23.5 Å². The SMILES string of the molecule is COC(=O)c1cncc(Sc2nc(N)cc(=O)[nH]2)n1. The van der Waals surface area contributed by atoms with Gasteiger partial charge in [0.15, 0.2) is 10.9 Å². The van der Waals surface area contributed by atoms with Gasteiger partial charge < -0.3 is 15.5 Å². The van der Waals surface area contributed by atoms with Gasteiger partial charge in [0.25, 0.3) is 5.56 Å². The van der Waals surface area contributed by atoms with Gasteiger partial charge in [-0.25, -0.2) is 14.8 Å². The number of nitrogens with zero attached hydrogens (tertiary/aromatic N) is 3. The van der Waals surface area contributed by atoms with E-state index in [1.54, 1.807) is 0 Å². The molecule has 3 N–H and O–H groups in total. The summed E-state index contributed by atoms with van der Waals surface area (Å²) in [4.78, 5) is 36.8. The van der Waals surface area contributed by atoms with E-state index in [1.165, 1.54) is 25.6 Å². The Bertz CT molecular complexity index is 672. The largest absolute Gasteiger partial charge is 0.464 e. The molecule has 2 heterocycles. The van der Waals surface area contributed by atoms with Gasteiger partial charge in [-0.2, -0.15) is 0 Å². The molecule has 98 valence electrons. The van der Waals surface area contributed by atoms with Crippen LogP contribution in [0.3, 0.4) is 0 Å². The highest BCUT2D eigenvalue weighted by molar-refractivity contribution is 7.99. The summed E-state index contributed by atoms with van der Waals surface area (Å²) in [5.41, 5.74) is 5.16. The number of aromatic amines is 1. The van der Waals surface area contributed by atoms with E-state index in [9.17, 15) is 9.59 Å². The van der Waals surface area contributed by atoms with Crippen LogP contribution in [-0.4, -0.2) is 33.0 Å². The van der Waals surface area contributed by atoms with Crippen molar-refractivity contribution in [1.29, 1.82) is 0 Å². The quantitative estimate of drug-likeness (QED) is 0.598. The van der Waals surface area contributed by atoms with Crippen LogP contribution < -0.4 is 11.3 Å². The lowest BCUT2D eigenvalue weighted by Crippen LogP contribution is -2.10. The summed E-state index contributed by atoms with van der Waals surface area (Å²) in [5.74, 6) is -0.493. The highest BCUT2D eigenvalue weighted by Gasteiger charge is 2.10. The molecule has 19 heavy (non-hydrogen) atoms. The lowest BCUT2D eigenvalue weighted by atomic mass is 10.5. The molecule has 9 heteroatoms. The zero-order valence-corrected chi connectivity index (χ0v) is 10.6. The lowest BCUT2D eigenvalue weighted by Gasteiger charge is -2.02. The molecule has 0 spiro atoms. The van der Waals surface area contributed by atoms with Gasteiger partial charge in [-0.3, -0.25) is 9.78 Å². The number of nitrogens with two attached hydrogens (primary N) is 1. The molecule has 2 aromatic rings. The number of rotatable bonds is 3. The molecule has 0 saturated heterocycles. The smallest absolute Gasteiger partial charge is 0.358 e. The first-order valence-corrected chi connectivity index (χ1v) is 5.85. The van der Waals surface area contributed by atoms with Gasteiger partial charge in [-0.15, -0.1) is 0 Å². The van der Waals surface area contributed by atoms with Crippen LogP contribution in [0.1, 0.15) is 10.5 Å². The summed E-state index contributed by atoms with van der Waals surface area (Å²) in [5, 5.41) is 0.651. The van der Waals surface area contributed by atoms with E-state index >= 15 is 0 Å². The number of carbonyl (C=O) groups excluding carboxylic acids is 1. The Morgan fingerprint density at radius 2 is 2.21 bits per heavy atom. The van der Waals surface area contributed by atoms with Crippen molar-refractivity contribution in [2.24, 2.45) is 0 Å². The summed E-state index contributed by atoms with van der Waals surface area (Å²) < 4.78 is 4.54. The van der Waals surface area contributed by atoms with Crippen molar-refractivity contribution in [2.45, 2.75) is 10.2 Å². The van der Waals surface area contributed by atoms with Crippen LogP contribution in [0, 0.1) is 0 Å². The fourth-order valence-corrected chi connectivity index (χ4v) is 1.96. The Kier molecular flexibility index (Phi) is 3.76. The van der Waals surface area contributed by atoms with Crippen molar-refractivity contribution in [3.05, 3.63) is 34.5 Å². The second-order valence-electron chi connectivity index (χ2n) is 3.31. The highest BCUT2D eigenvalue weighted by atomic mass is 32.2. The van der Waals surface area contributed by atoms with E-state index in [4.69, 9.17) is 5.73 Å². The summed E-state index contributed by atoms with van der Waals surface area (Å²) in [7, 11) is 1.25. The maximum absolute atomic E-state index is 11.3. The van der Waals surface area contributed by atoms with Gasteiger partial charge in [0, 0.05) is 6.07 Å². The average molecular weight is 279 g/mol. The number of aromatic nitrogens is 4. The number of nitrogens with one attached hydrogen (secondary N) is 1. The normalized spacial score (nSPS) is 10.2. The molecule has 0 aromatic carbocycles. The monoisotopic (exact) mass is 279 g/mol. The van der Waals surface area contributed by atoms with Gasteiger partial charge >= 0.3 is 5.97 Å². The van der Waals surface area contributed by atoms with Crippen LogP contribution in [0.25, 0.3) is 0 Å². The second kappa shape index (κ2) is 5.48. The molecule has 0 aliphatic rings. The van der Waals surface area contributed by atoms with Gasteiger partial charge in [-0.1, -0.05) is 0 Å². The minimum absolute atomic E-state index is 0.0683. The van der Waals surface area contributed by atoms with E-state index in [0.29, 0.717) is 5.03 Å². The molecule has 0 saturated carbocycles. The first-order chi connectivity index (χ1) is 9.08. The minimum Gasteiger partial charge on any atom is -0.464 e. The van der Waals surface area contributed by atoms with E-state index in [0.717, 1.165) is 11.8 Å². The topological polar surface area (TPSA) is 124 Å². The molecular formula is C10H9N5O3S. The van der Waals surface area contributed by atoms with Crippen LogP contribution in [0.2, 0.25) is 0 Å². The van der Waals surface area contributed by atoms with Gasteiger partial charge in [-0.05, 0) is 11.8 Å². The van der Waals surface area contributed by atoms with Gasteiger partial charge in [0.05, 0.1) is 19.5 Å². The molecular weight excluding hydrogens is 270 g/mol. The number of hydrogen-bond acceptors (Lipinski definition) is 8. The third-order valence-corrected chi connectivity index (χ3v) is 2.74. The molecule has 0 aliphatic heterocycles. The number of anilines is 1. The molecule has 0 aliphatic carbocycles. The number of nitrogen functional groups attached to an aromatic ring is 1. The Hall–Kier alpha value is -2.42. The van der Waals surface area contributed by atoms with E-state index < -0.39 is 5.97 Å². The number of methoxy groups -OCH3 is 1. The second-order valence-corrected chi connectivity index (χ2v) is 4.32. The van der Waals surface area contributed by atoms with E-state index in [2.05, 4.69) is 24.7 Å². The fraction of sp³-hybridized carbons (Fsp3) is 0.100. The summed E-state index contributed by atoms with van der Waals surface area (Å²) in [6, 6.07) is 1.17. The average Bonchev–Trinajstić information content (AvgIpc) is 2.37. The molecule has 8 nitrogen and oxygen atoms in total. The number of esters is 1. The number of hydrogen-bond donors (Lipinski definition) is 2. The predicted octanol–water partition coefficient (Wildman–Crippen LogP) is 0.0799. The first-order valence-electron chi connectivity index (χ1n) is 5.03. The summed E-state index contributed by atoms with van der Waals surface area (Å²) >= 11 is 1.03. The van der Waals surface area contributed by atoms with Crippen molar-refractivity contribution in [3.63, 3.8) is 0 Å². The third kappa shape index (κ3) is 3.28. The van der Waals surface area contributed by atoms with Crippen LogP contribution >= 0.6 is 11.8 Å². The number of carbonyl (C=O) groups is 1. The molecule has 2 aromatic heterocycles. The van der Waals surface area contributed by atoms with Crippen molar-refractivity contribution in [3.8, 4) is 0 Å². The first kappa shape index (κ1) is 13.0. The number of ether oxygens (including phenoxy) is 1. The molecule has 0 bridgehead atoms. The molecule has 0 radical (unpaired) electrons. The Labute approximate surface area is 111 Å². The third-order valence-electron chi connectivity index (χ3n) is 1.95.